The number of aromatic amines is 1. The number of H-pyrrole nitrogens is 1. The molecule has 1 aromatic carbocycles. The molecule has 9 heteroatoms. The maximum absolute atomic E-state index is 14.6. The minimum absolute atomic E-state index is 0.218. The smallest absolute Gasteiger partial charge is 0.318 e. The molecule has 2 heterocycles. The Kier molecular flexibility index (Phi) is 5.95. The quantitative estimate of drug-likeness (QED) is 0.603. The maximum atomic E-state index is 14.6. The third-order valence-corrected chi connectivity index (χ3v) is 4.74. The molecule has 1 atom stereocenters. The molecule has 0 saturated carbocycles. The number of hydrogen-bond acceptors (Lipinski definition) is 4. The molecular weight excluding hydrogens is 375 g/mol. The summed E-state index contributed by atoms with van der Waals surface area (Å²) in [6.45, 7) is 0.721. The summed E-state index contributed by atoms with van der Waals surface area (Å²) in [6.07, 6.45) is 2.81. The predicted octanol–water partition coefficient (Wildman–Crippen LogP) is 2.81. The van der Waals surface area contributed by atoms with E-state index >= 15 is 0 Å². The van der Waals surface area contributed by atoms with Crippen molar-refractivity contribution in [3.8, 4) is 0 Å². The van der Waals surface area contributed by atoms with Gasteiger partial charge in [0.05, 0.1) is 19.1 Å². The molecule has 144 valence electrons. The Labute approximate surface area is 160 Å². The first-order valence-corrected chi connectivity index (χ1v) is 8.97. The summed E-state index contributed by atoms with van der Waals surface area (Å²) in [5, 5.41) is 3.06. The minimum Gasteiger partial charge on any atom is -0.469 e. The van der Waals surface area contributed by atoms with Crippen LogP contribution in [0.1, 0.15) is 35.8 Å². The lowest BCUT2D eigenvalue weighted by Crippen LogP contribution is -2.46. The fourth-order valence-corrected chi connectivity index (χ4v) is 3.32. The predicted molar refractivity (Wildman–Crippen MR) is 96.9 cm³/mol. The van der Waals surface area contributed by atoms with Crippen LogP contribution >= 0.6 is 11.6 Å². The fourth-order valence-electron chi connectivity index (χ4n) is 3.17. The molecule has 0 spiro atoms. The monoisotopic (exact) mass is 394 g/mol. The number of aromatic nitrogens is 2. The van der Waals surface area contributed by atoms with E-state index < -0.39 is 11.9 Å². The first kappa shape index (κ1) is 19.2. The van der Waals surface area contributed by atoms with E-state index in [9.17, 15) is 14.0 Å². The van der Waals surface area contributed by atoms with Crippen LogP contribution in [0.5, 0.6) is 0 Å². The molecular formula is C18H20ClFN4O3. The van der Waals surface area contributed by atoms with Crippen LogP contribution in [-0.2, 0) is 16.0 Å². The molecule has 2 aromatic rings. The third-order valence-electron chi connectivity index (χ3n) is 4.50. The molecule has 3 rings (SSSR count). The molecule has 0 fully saturated rings. The van der Waals surface area contributed by atoms with E-state index in [0.29, 0.717) is 37.2 Å². The molecule has 7 nitrogen and oxygen atoms in total. The minimum atomic E-state index is -0.655. The average molecular weight is 395 g/mol. The topological polar surface area (TPSA) is 87.3 Å². The molecule has 0 aliphatic carbocycles. The summed E-state index contributed by atoms with van der Waals surface area (Å²) in [7, 11) is 1.32. The number of nitrogens with zero attached hydrogens (tertiary/aromatic N) is 2. The van der Waals surface area contributed by atoms with E-state index in [1.54, 1.807) is 23.4 Å². The Morgan fingerprint density at radius 1 is 1.48 bits per heavy atom. The van der Waals surface area contributed by atoms with Crippen molar-refractivity contribution in [2.45, 2.75) is 25.3 Å². The number of urea groups is 1. The van der Waals surface area contributed by atoms with Crippen molar-refractivity contribution in [3.63, 3.8) is 0 Å². The van der Waals surface area contributed by atoms with Crippen molar-refractivity contribution in [2.24, 2.45) is 0 Å². The van der Waals surface area contributed by atoms with Gasteiger partial charge in [0.15, 0.2) is 0 Å². The van der Waals surface area contributed by atoms with Gasteiger partial charge in [0.25, 0.3) is 0 Å². The highest BCUT2D eigenvalue weighted by atomic mass is 35.5. The molecule has 0 radical (unpaired) electrons. The number of ether oxygens (including phenoxy) is 1. The first-order valence-electron chi connectivity index (χ1n) is 8.59. The number of esters is 1. The van der Waals surface area contributed by atoms with E-state index in [0.717, 1.165) is 5.69 Å². The zero-order chi connectivity index (χ0) is 19.4. The Hall–Kier alpha value is -2.61. The van der Waals surface area contributed by atoms with Gasteiger partial charge in [0, 0.05) is 42.2 Å². The third kappa shape index (κ3) is 4.21. The van der Waals surface area contributed by atoms with Crippen molar-refractivity contribution in [2.75, 3.05) is 20.2 Å². The Morgan fingerprint density at radius 2 is 2.30 bits per heavy atom. The molecule has 1 aromatic heterocycles. The highest BCUT2D eigenvalue weighted by Gasteiger charge is 2.35. The number of fused-ring (bicyclic) bond motifs is 1. The normalized spacial score (nSPS) is 16.0. The molecule has 0 bridgehead atoms. The number of halogens is 2. The zero-order valence-corrected chi connectivity index (χ0v) is 15.6. The van der Waals surface area contributed by atoms with Gasteiger partial charge < -0.3 is 19.9 Å². The van der Waals surface area contributed by atoms with Crippen LogP contribution in [0.3, 0.4) is 0 Å². The number of benzene rings is 1. The second kappa shape index (κ2) is 8.39. The standard InChI is InChI=1S/C18H20ClFN4O3/c1-27-15(25)3-2-7-21-18(26)24-8-6-14-16(23-10-22-14)17(24)12-5-4-11(19)9-13(12)20/h4-5,9-10,17H,2-3,6-8H2,1H3,(H,21,26)(H,22,23). The number of imidazole rings is 1. The highest BCUT2D eigenvalue weighted by molar-refractivity contribution is 6.30. The fraction of sp³-hybridized carbons (Fsp3) is 0.389. The van der Waals surface area contributed by atoms with Gasteiger partial charge in [-0.3, -0.25) is 4.79 Å². The summed E-state index contributed by atoms with van der Waals surface area (Å²) < 4.78 is 19.1. The van der Waals surface area contributed by atoms with Gasteiger partial charge >= 0.3 is 12.0 Å². The van der Waals surface area contributed by atoms with Gasteiger partial charge in [-0.1, -0.05) is 17.7 Å². The number of hydrogen-bond donors (Lipinski definition) is 2. The van der Waals surface area contributed by atoms with Gasteiger partial charge in [0.1, 0.15) is 11.9 Å². The van der Waals surface area contributed by atoms with Gasteiger partial charge in [-0.25, -0.2) is 14.2 Å². The lowest BCUT2D eigenvalue weighted by Gasteiger charge is -2.35. The van der Waals surface area contributed by atoms with Gasteiger partial charge in [-0.05, 0) is 18.6 Å². The number of carbonyl (C=O) groups excluding carboxylic acids is 2. The Balaban J connectivity index is 1.79. The number of amides is 2. The summed E-state index contributed by atoms with van der Waals surface area (Å²) in [5.74, 6) is -0.823. The molecule has 0 saturated heterocycles. The molecule has 27 heavy (non-hydrogen) atoms. The second-order valence-electron chi connectivity index (χ2n) is 6.19. The van der Waals surface area contributed by atoms with E-state index in [4.69, 9.17) is 11.6 Å². The van der Waals surface area contributed by atoms with Crippen LogP contribution in [0.2, 0.25) is 5.02 Å². The summed E-state index contributed by atoms with van der Waals surface area (Å²) in [4.78, 5) is 32.8. The molecule has 1 aliphatic rings. The number of nitrogens with one attached hydrogen (secondary N) is 2. The zero-order valence-electron chi connectivity index (χ0n) is 14.8. The van der Waals surface area contributed by atoms with Crippen LogP contribution in [0, 0.1) is 5.82 Å². The summed E-state index contributed by atoms with van der Waals surface area (Å²) in [6, 6.07) is 3.40. The van der Waals surface area contributed by atoms with E-state index in [-0.39, 0.29) is 23.4 Å². The van der Waals surface area contributed by atoms with Gasteiger partial charge in [0.2, 0.25) is 0 Å². The average Bonchev–Trinajstić information content (AvgIpc) is 3.13. The van der Waals surface area contributed by atoms with Crippen LogP contribution in [0.4, 0.5) is 9.18 Å². The van der Waals surface area contributed by atoms with Crippen LogP contribution in [0.25, 0.3) is 0 Å². The summed E-state index contributed by atoms with van der Waals surface area (Å²) in [5.41, 5.74) is 1.83. The SMILES string of the molecule is COC(=O)CCCNC(=O)N1CCc2[nH]cnc2C1c1ccc(Cl)cc1F. The largest absolute Gasteiger partial charge is 0.469 e. The number of carbonyl (C=O) groups is 2. The van der Waals surface area contributed by atoms with Crippen molar-refractivity contribution in [3.05, 3.63) is 52.3 Å². The van der Waals surface area contributed by atoms with Crippen molar-refractivity contribution >= 4 is 23.6 Å². The Morgan fingerprint density at radius 3 is 3.04 bits per heavy atom. The van der Waals surface area contributed by atoms with E-state index in [1.807, 2.05) is 0 Å². The molecule has 1 aliphatic heterocycles. The van der Waals surface area contributed by atoms with Gasteiger partial charge in [-0.15, -0.1) is 0 Å². The van der Waals surface area contributed by atoms with Crippen LogP contribution in [-0.4, -0.2) is 47.1 Å². The van der Waals surface area contributed by atoms with Crippen molar-refractivity contribution in [1.82, 2.24) is 20.2 Å². The van der Waals surface area contributed by atoms with Crippen LogP contribution in [0.15, 0.2) is 24.5 Å². The highest BCUT2D eigenvalue weighted by Crippen LogP contribution is 2.35. The van der Waals surface area contributed by atoms with Crippen LogP contribution < -0.4 is 5.32 Å². The van der Waals surface area contributed by atoms with Gasteiger partial charge in [-0.2, -0.15) is 0 Å². The second-order valence-corrected chi connectivity index (χ2v) is 6.63. The lowest BCUT2D eigenvalue weighted by atomic mass is 9.95. The summed E-state index contributed by atoms with van der Waals surface area (Å²) >= 11 is 5.86. The van der Waals surface area contributed by atoms with Crippen molar-refractivity contribution < 1.29 is 18.7 Å². The van der Waals surface area contributed by atoms with E-state index in [1.165, 1.54) is 13.2 Å². The number of methoxy groups -OCH3 is 1. The number of rotatable bonds is 5. The van der Waals surface area contributed by atoms with Crippen molar-refractivity contribution in [1.29, 1.82) is 0 Å². The first-order chi connectivity index (χ1) is 13.0. The van der Waals surface area contributed by atoms with E-state index in [2.05, 4.69) is 20.0 Å². The molecule has 2 N–H and O–H groups in total. The molecule has 2 amide bonds. The lowest BCUT2D eigenvalue weighted by molar-refractivity contribution is -0.140. The Bertz CT molecular complexity index is 842. The molecule has 1 unspecified atom stereocenters. The maximum Gasteiger partial charge on any atom is 0.318 e.